The zero-order chi connectivity index (χ0) is 15.3. The summed E-state index contributed by atoms with van der Waals surface area (Å²) in [6.45, 7) is 3.69. The quantitative estimate of drug-likeness (QED) is 0.788. The van der Waals surface area contributed by atoms with E-state index in [0.29, 0.717) is 11.1 Å². The first-order valence-electron chi connectivity index (χ1n) is 5.99. The first-order chi connectivity index (χ1) is 8.97. The molecule has 1 heterocycles. The first-order valence-corrected chi connectivity index (χ1v) is 5.99. The van der Waals surface area contributed by atoms with Gasteiger partial charge in [-0.05, 0) is 29.8 Å². The Morgan fingerprint density at radius 1 is 1.15 bits per heavy atom. The summed E-state index contributed by atoms with van der Waals surface area (Å²) >= 11 is 0. The van der Waals surface area contributed by atoms with E-state index in [1.807, 2.05) is 6.92 Å². The molecule has 0 unspecified atom stereocenters. The SMILES string of the molecule is [B]C([B])(c1nc2cc(C)ccc2o1)C(C)(C)C(F)(F)F. The molecule has 2 rings (SSSR count). The van der Waals surface area contributed by atoms with Crippen LogP contribution in [0.2, 0.25) is 0 Å². The Labute approximate surface area is 117 Å². The minimum atomic E-state index is -4.59. The number of fused-ring (bicyclic) bond motifs is 1. The van der Waals surface area contributed by atoms with Crippen LogP contribution < -0.4 is 0 Å². The topological polar surface area (TPSA) is 26.0 Å². The number of hydrogen-bond donors (Lipinski definition) is 0. The molecule has 0 aliphatic rings. The Hall–Kier alpha value is -1.39. The van der Waals surface area contributed by atoms with E-state index in [9.17, 15) is 13.2 Å². The lowest BCUT2D eigenvalue weighted by atomic mass is 9.42. The maximum absolute atomic E-state index is 13.1. The predicted molar refractivity (Wildman–Crippen MR) is 71.8 cm³/mol. The Bertz CT molecular complexity index is 647. The number of alkyl halides is 3. The van der Waals surface area contributed by atoms with Gasteiger partial charge in [-0.25, -0.2) is 4.98 Å². The molecule has 0 N–H and O–H groups in total. The zero-order valence-electron chi connectivity index (χ0n) is 11.4. The van der Waals surface area contributed by atoms with Crippen LogP contribution in [0.1, 0.15) is 25.3 Å². The zero-order valence-corrected chi connectivity index (χ0v) is 11.4. The summed E-state index contributed by atoms with van der Waals surface area (Å²) in [7, 11) is 11.4. The van der Waals surface area contributed by atoms with Crippen molar-refractivity contribution < 1.29 is 17.6 Å². The van der Waals surface area contributed by atoms with E-state index in [-0.39, 0.29) is 5.89 Å². The fourth-order valence-electron chi connectivity index (χ4n) is 1.72. The molecular weight excluding hydrogens is 265 g/mol. The van der Waals surface area contributed by atoms with Crippen LogP contribution in [0.3, 0.4) is 0 Å². The monoisotopic (exact) mass is 277 g/mol. The normalized spacial score (nSPS) is 13.9. The van der Waals surface area contributed by atoms with Crippen LogP contribution in [0.25, 0.3) is 11.1 Å². The molecule has 0 saturated heterocycles. The first kappa shape index (κ1) is 15.0. The van der Waals surface area contributed by atoms with Crippen molar-refractivity contribution in [3.8, 4) is 0 Å². The number of hydrogen-bond acceptors (Lipinski definition) is 2. The van der Waals surface area contributed by atoms with Gasteiger partial charge in [0.2, 0.25) is 0 Å². The third kappa shape index (κ3) is 2.13. The molecule has 1 aromatic carbocycles. The summed E-state index contributed by atoms with van der Waals surface area (Å²) in [6, 6.07) is 5.08. The molecule has 0 fully saturated rings. The maximum atomic E-state index is 13.1. The van der Waals surface area contributed by atoms with Crippen LogP contribution in [0.15, 0.2) is 22.6 Å². The molecule has 0 saturated carbocycles. The number of aryl methyl sites for hydroxylation is 1. The van der Waals surface area contributed by atoms with Crippen molar-refractivity contribution in [2.24, 2.45) is 5.41 Å². The summed E-state index contributed by atoms with van der Waals surface area (Å²) in [6.07, 6.45) is -4.59. The van der Waals surface area contributed by atoms with Gasteiger partial charge in [-0.15, -0.1) is 0 Å². The number of aromatic nitrogens is 1. The van der Waals surface area contributed by atoms with Crippen molar-refractivity contribution in [3.63, 3.8) is 0 Å². The van der Waals surface area contributed by atoms with Crippen LogP contribution in [0, 0.1) is 12.3 Å². The molecule has 0 aliphatic heterocycles. The van der Waals surface area contributed by atoms with Gasteiger partial charge in [0.1, 0.15) is 5.52 Å². The highest BCUT2D eigenvalue weighted by Crippen LogP contribution is 2.48. The van der Waals surface area contributed by atoms with Crippen LogP contribution >= 0.6 is 0 Å². The molecule has 0 spiro atoms. The lowest BCUT2D eigenvalue weighted by molar-refractivity contribution is -0.218. The minimum absolute atomic E-state index is 0.333. The molecular formula is C13H12B2F3NO. The van der Waals surface area contributed by atoms with Crippen molar-refractivity contribution in [3.05, 3.63) is 29.7 Å². The number of benzene rings is 1. The second-order valence-electron chi connectivity index (χ2n) is 5.48. The molecule has 20 heavy (non-hydrogen) atoms. The van der Waals surface area contributed by atoms with Crippen molar-refractivity contribution in [2.75, 3.05) is 0 Å². The van der Waals surface area contributed by atoms with Gasteiger partial charge >= 0.3 is 6.18 Å². The molecule has 2 nitrogen and oxygen atoms in total. The van der Waals surface area contributed by atoms with E-state index in [2.05, 4.69) is 4.98 Å². The van der Waals surface area contributed by atoms with Gasteiger partial charge in [-0.2, -0.15) is 13.2 Å². The average molecular weight is 277 g/mol. The third-order valence-corrected chi connectivity index (χ3v) is 3.64. The summed E-state index contributed by atoms with van der Waals surface area (Å²) in [4.78, 5) is 4.01. The number of halogens is 3. The molecule has 0 bridgehead atoms. The van der Waals surface area contributed by atoms with E-state index < -0.39 is 16.8 Å². The fourth-order valence-corrected chi connectivity index (χ4v) is 1.72. The number of nitrogens with zero attached hydrogens (tertiary/aromatic N) is 1. The molecule has 4 radical (unpaired) electrons. The van der Waals surface area contributed by atoms with E-state index in [1.54, 1.807) is 18.2 Å². The van der Waals surface area contributed by atoms with Crippen molar-refractivity contribution in [1.29, 1.82) is 0 Å². The van der Waals surface area contributed by atoms with Crippen LogP contribution in [0.5, 0.6) is 0 Å². The lowest BCUT2D eigenvalue weighted by Crippen LogP contribution is -2.52. The summed E-state index contributed by atoms with van der Waals surface area (Å²) in [5.41, 5.74) is -0.704. The predicted octanol–water partition coefficient (Wildman–Crippen LogP) is 3.21. The Morgan fingerprint density at radius 3 is 2.30 bits per heavy atom. The fraction of sp³-hybridized carbons (Fsp3) is 0.462. The Balaban J connectivity index is 2.57. The van der Waals surface area contributed by atoms with E-state index in [4.69, 9.17) is 20.1 Å². The second kappa shape index (κ2) is 4.30. The minimum Gasteiger partial charge on any atom is -0.442 e. The highest BCUT2D eigenvalue weighted by atomic mass is 19.4. The van der Waals surface area contributed by atoms with Crippen LogP contribution in [0.4, 0.5) is 13.2 Å². The van der Waals surface area contributed by atoms with E-state index >= 15 is 0 Å². The standard InChI is InChI=1S/C13H12B2F3NO/c1-7-4-5-9-8(6-7)19-10(20-9)12(14,15)11(2,3)13(16,17)18/h4-6H,1-3H3. The van der Waals surface area contributed by atoms with Gasteiger partial charge in [0, 0.05) is 0 Å². The smallest absolute Gasteiger partial charge is 0.393 e. The number of oxazole rings is 1. The van der Waals surface area contributed by atoms with Gasteiger partial charge in [0.05, 0.1) is 21.1 Å². The Kier molecular flexibility index (Phi) is 3.23. The maximum Gasteiger partial charge on any atom is 0.393 e. The van der Waals surface area contributed by atoms with Crippen LogP contribution in [-0.2, 0) is 5.21 Å². The number of rotatable bonds is 2. The summed E-state index contributed by atoms with van der Waals surface area (Å²) in [5.74, 6) is -0.333. The van der Waals surface area contributed by atoms with Gasteiger partial charge in [-0.3, -0.25) is 0 Å². The second-order valence-corrected chi connectivity index (χ2v) is 5.48. The average Bonchev–Trinajstić information content (AvgIpc) is 2.70. The van der Waals surface area contributed by atoms with E-state index in [0.717, 1.165) is 19.4 Å². The van der Waals surface area contributed by atoms with Crippen molar-refractivity contribution in [2.45, 2.75) is 32.2 Å². The highest BCUT2D eigenvalue weighted by Gasteiger charge is 2.57. The molecule has 0 aliphatic carbocycles. The van der Waals surface area contributed by atoms with Gasteiger partial charge in [-0.1, -0.05) is 19.9 Å². The van der Waals surface area contributed by atoms with Gasteiger partial charge in [0.15, 0.2) is 11.5 Å². The third-order valence-electron chi connectivity index (χ3n) is 3.64. The lowest BCUT2D eigenvalue weighted by Gasteiger charge is -2.41. The van der Waals surface area contributed by atoms with Gasteiger partial charge < -0.3 is 4.42 Å². The van der Waals surface area contributed by atoms with Crippen molar-refractivity contribution in [1.82, 2.24) is 4.98 Å². The molecule has 0 amide bonds. The summed E-state index contributed by atoms with van der Waals surface area (Å²) in [5, 5.41) is -2.27. The van der Waals surface area contributed by atoms with Gasteiger partial charge in [0.25, 0.3) is 0 Å². The molecule has 102 valence electrons. The van der Waals surface area contributed by atoms with Crippen LogP contribution in [-0.4, -0.2) is 26.9 Å². The molecule has 2 aromatic rings. The van der Waals surface area contributed by atoms with E-state index in [1.165, 1.54) is 0 Å². The molecule has 1 aromatic heterocycles. The largest absolute Gasteiger partial charge is 0.442 e. The van der Waals surface area contributed by atoms with Crippen molar-refractivity contribution >= 4 is 26.8 Å². The molecule has 7 heteroatoms. The molecule has 0 atom stereocenters. The summed E-state index contributed by atoms with van der Waals surface area (Å²) < 4.78 is 44.6. The highest BCUT2D eigenvalue weighted by molar-refractivity contribution is 6.40. The Morgan fingerprint density at radius 2 is 1.75 bits per heavy atom.